The normalized spacial score (nSPS) is 44.6. The summed E-state index contributed by atoms with van der Waals surface area (Å²) >= 11 is 0. The van der Waals surface area contributed by atoms with Crippen molar-refractivity contribution in [3.8, 4) is 0 Å². The highest BCUT2D eigenvalue weighted by Crippen LogP contribution is 2.29. The number of nitrogens with zero attached hydrogens (tertiary/aromatic N) is 3. The summed E-state index contributed by atoms with van der Waals surface area (Å²) in [5.41, 5.74) is 0.325. The van der Waals surface area contributed by atoms with Crippen LogP contribution in [0.3, 0.4) is 0 Å². The molecular weight excluding hydrogens is 312 g/mol. The first-order valence-corrected chi connectivity index (χ1v) is 7.25. The Morgan fingerprint density at radius 3 is 2.48 bits per heavy atom. The second-order valence-corrected chi connectivity index (χ2v) is 5.79. The lowest BCUT2D eigenvalue weighted by atomic mass is 9.98. The fraction of sp³-hybridized carbons (Fsp3) is 0.833. The minimum atomic E-state index is -1.52. The highest BCUT2D eigenvalue weighted by atomic mass is 16.6. The lowest BCUT2D eigenvalue weighted by Gasteiger charge is -2.39. The zero-order valence-corrected chi connectivity index (χ0v) is 12.0. The van der Waals surface area contributed by atoms with E-state index in [0.29, 0.717) is 5.69 Å². The molecule has 8 atom stereocenters. The summed E-state index contributed by atoms with van der Waals surface area (Å²) in [4.78, 5) is 0. The SMILES string of the molecule is OCC1O[C@@H](n2cc([C@@H]3NC[C@@H](O)[C@H]3O)nn2)C(O)C(O)[C@@H]1O. The Bertz CT molecular complexity index is 541. The standard InChI is InChI=1S/C12H20N4O7/c17-3-6-9(20)10(21)11(22)12(23-6)16-2-4(14-15-16)7-8(19)5(18)1-13-7/h2,5-13,17-22H,1,3H2/t5-,6?,7+,8-,9-,10?,11?,12-/m1/s1. The zero-order valence-electron chi connectivity index (χ0n) is 12.0. The predicted octanol–water partition coefficient (Wildman–Crippen LogP) is -4.38. The number of nitrogens with one attached hydrogen (secondary N) is 1. The molecule has 0 amide bonds. The van der Waals surface area contributed by atoms with Gasteiger partial charge in [-0.05, 0) is 0 Å². The summed E-state index contributed by atoms with van der Waals surface area (Å²) in [6.07, 6.45) is -7.23. The van der Waals surface area contributed by atoms with E-state index < -0.39 is 55.5 Å². The van der Waals surface area contributed by atoms with Crippen LogP contribution in [0, 0.1) is 0 Å². The second kappa shape index (κ2) is 6.37. The molecule has 2 fully saturated rings. The second-order valence-electron chi connectivity index (χ2n) is 5.79. The van der Waals surface area contributed by atoms with Gasteiger partial charge in [-0.25, -0.2) is 4.68 Å². The maximum Gasteiger partial charge on any atom is 0.180 e. The Labute approximate surface area is 130 Å². The van der Waals surface area contributed by atoms with Crippen LogP contribution in [0.1, 0.15) is 18.0 Å². The Morgan fingerprint density at radius 2 is 1.87 bits per heavy atom. The van der Waals surface area contributed by atoms with Crippen LogP contribution in [0.2, 0.25) is 0 Å². The molecule has 3 heterocycles. The molecule has 23 heavy (non-hydrogen) atoms. The molecule has 2 aliphatic rings. The Hall–Kier alpha value is -1.18. The molecule has 1 aromatic heterocycles. The third-order valence-electron chi connectivity index (χ3n) is 4.26. The molecule has 3 unspecified atom stereocenters. The van der Waals surface area contributed by atoms with Crippen LogP contribution in [0.5, 0.6) is 0 Å². The number of aromatic nitrogens is 3. The molecule has 7 N–H and O–H groups in total. The van der Waals surface area contributed by atoms with Gasteiger partial charge < -0.3 is 40.7 Å². The molecule has 1 aromatic rings. The smallest absolute Gasteiger partial charge is 0.180 e. The summed E-state index contributed by atoms with van der Waals surface area (Å²) in [5, 5.41) is 68.7. The first-order chi connectivity index (χ1) is 10.9. The van der Waals surface area contributed by atoms with E-state index in [1.54, 1.807) is 0 Å². The molecule has 11 nitrogen and oxygen atoms in total. The van der Waals surface area contributed by atoms with Gasteiger partial charge in [0.2, 0.25) is 0 Å². The van der Waals surface area contributed by atoms with Gasteiger partial charge in [0.15, 0.2) is 6.23 Å². The topological polar surface area (TPSA) is 173 Å². The average Bonchev–Trinajstić information content (AvgIpc) is 3.13. The van der Waals surface area contributed by atoms with E-state index in [0.717, 1.165) is 4.68 Å². The largest absolute Gasteiger partial charge is 0.394 e. The van der Waals surface area contributed by atoms with Gasteiger partial charge in [0, 0.05) is 6.54 Å². The molecule has 0 spiro atoms. The molecule has 0 saturated carbocycles. The first kappa shape index (κ1) is 16.7. The average molecular weight is 332 g/mol. The molecule has 0 aliphatic carbocycles. The van der Waals surface area contributed by atoms with Gasteiger partial charge in [-0.1, -0.05) is 5.21 Å². The van der Waals surface area contributed by atoms with Crippen LogP contribution in [-0.4, -0.2) is 95.4 Å². The van der Waals surface area contributed by atoms with Crippen LogP contribution in [-0.2, 0) is 4.74 Å². The van der Waals surface area contributed by atoms with Crippen molar-refractivity contribution < 1.29 is 35.4 Å². The number of ether oxygens (including phenoxy) is 1. The van der Waals surface area contributed by atoms with E-state index in [9.17, 15) is 30.6 Å². The number of hydrogen-bond acceptors (Lipinski definition) is 10. The fourth-order valence-corrected chi connectivity index (χ4v) is 2.85. The van der Waals surface area contributed by atoms with E-state index in [4.69, 9.17) is 4.74 Å². The third kappa shape index (κ3) is 2.86. The van der Waals surface area contributed by atoms with Crippen LogP contribution >= 0.6 is 0 Å². The Morgan fingerprint density at radius 1 is 1.13 bits per heavy atom. The van der Waals surface area contributed by atoms with Gasteiger partial charge in [-0.2, -0.15) is 0 Å². The Kier molecular flexibility index (Phi) is 4.62. The van der Waals surface area contributed by atoms with Gasteiger partial charge in [0.25, 0.3) is 0 Å². The van der Waals surface area contributed by atoms with Gasteiger partial charge in [0.1, 0.15) is 36.2 Å². The summed E-state index contributed by atoms with van der Waals surface area (Å²) in [5.74, 6) is 0. The highest BCUT2D eigenvalue weighted by molar-refractivity contribution is 5.09. The van der Waals surface area contributed by atoms with Crippen LogP contribution < -0.4 is 5.32 Å². The number of rotatable bonds is 3. The number of β-amino-alcohol motifs (C(OH)–C–C–N with tert-alkyl or cyclic N) is 1. The van der Waals surface area contributed by atoms with Crippen LogP contribution in [0.15, 0.2) is 6.20 Å². The minimum Gasteiger partial charge on any atom is -0.394 e. The summed E-state index contributed by atoms with van der Waals surface area (Å²) in [6, 6.07) is -0.622. The summed E-state index contributed by atoms with van der Waals surface area (Å²) in [6.45, 7) is -0.336. The van der Waals surface area contributed by atoms with Crippen molar-refractivity contribution in [3.63, 3.8) is 0 Å². The Balaban J connectivity index is 1.79. The van der Waals surface area contributed by atoms with Crippen molar-refractivity contribution in [2.75, 3.05) is 13.2 Å². The molecule has 130 valence electrons. The van der Waals surface area contributed by atoms with Gasteiger partial charge in [0.05, 0.1) is 24.9 Å². The van der Waals surface area contributed by atoms with Crippen molar-refractivity contribution in [3.05, 3.63) is 11.9 Å². The van der Waals surface area contributed by atoms with Gasteiger partial charge in [-0.15, -0.1) is 5.10 Å². The quantitative estimate of drug-likeness (QED) is 0.286. The zero-order chi connectivity index (χ0) is 16.7. The molecular formula is C12H20N4O7. The summed E-state index contributed by atoms with van der Waals surface area (Å²) < 4.78 is 6.49. The van der Waals surface area contributed by atoms with Gasteiger partial charge >= 0.3 is 0 Å². The number of hydrogen-bond donors (Lipinski definition) is 7. The highest BCUT2D eigenvalue weighted by Gasteiger charge is 2.45. The predicted molar refractivity (Wildman–Crippen MR) is 71.8 cm³/mol. The van der Waals surface area contributed by atoms with Crippen LogP contribution in [0.25, 0.3) is 0 Å². The van der Waals surface area contributed by atoms with E-state index in [1.165, 1.54) is 6.20 Å². The van der Waals surface area contributed by atoms with Crippen molar-refractivity contribution in [1.82, 2.24) is 20.3 Å². The lowest BCUT2D eigenvalue weighted by molar-refractivity contribution is -0.254. The third-order valence-corrected chi connectivity index (χ3v) is 4.26. The maximum absolute atomic E-state index is 10.0. The van der Waals surface area contributed by atoms with Crippen LogP contribution in [0.4, 0.5) is 0 Å². The van der Waals surface area contributed by atoms with Crippen molar-refractivity contribution >= 4 is 0 Å². The van der Waals surface area contributed by atoms with Crippen molar-refractivity contribution in [2.45, 2.75) is 48.9 Å². The molecule has 2 saturated heterocycles. The maximum atomic E-state index is 10.0. The molecule has 0 bridgehead atoms. The minimum absolute atomic E-state index is 0.207. The van der Waals surface area contributed by atoms with Crippen molar-refractivity contribution in [1.29, 1.82) is 0 Å². The molecule has 0 aromatic carbocycles. The van der Waals surface area contributed by atoms with E-state index in [1.807, 2.05) is 0 Å². The van der Waals surface area contributed by atoms with E-state index >= 15 is 0 Å². The number of aliphatic hydroxyl groups excluding tert-OH is 6. The number of aliphatic hydroxyl groups is 6. The molecule has 11 heteroatoms. The molecule has 3 rings (SSSR count). The van der Waals surface area contributed by atoms with E-state index in [-0.39, 0.29) is 6.54 Å². The lowest BCUT2D eigenvalue weighted by Crippen LogP contribution is -2.56. The molecule has 0 radical (unpaired) electrons. The van der Waals surface area contributed by atoms with Crippen molar-refractivity contribution in [2.24, 2.45) is 0 Å². The molecule has 2 aliphatic heterocycles. The van der Waals surface area contributed by atoms with E-state index in [2.05, 4.69) is 15.6 Å². The first-order valence-electron chi connectivity index (χ1n) is 7.25. The summed E-state index contributed by atoms with van der Waals surface area (Å²) in [7, 11) is 0. The fourth-order valence-electron chi connectivity index (χ4n) is 2.85. The monoisotopic (exact) mass is 332 g/mol. The van der Waals surface area contributed by atoms with Gasteiger partial charge in [-0.3, -0.25) is 0 Å².